The van der Waals surface area contributed by atoms with Crippen LogP contribution in [0.15, 0.2) is 47.8 Å². The van der Waals surface area contributed by atoms with Crippen molar-refractivity contribution in [2.24, 2.45) is 0 Å². The number of nitrogens with zero attached hydrogens (tertiary/aromatic N) is 4. The zero-order chi connectivity index (χ0) is 18.8. The van der Waals surface area contributed by atoms with E-state index in [1.54, 1.807) is 11.3 Å². The van der Waals surface area contributed by atoms with Crippen LogP contribution in [0.2, 0.25) is 0 Å². The molecule has 3 heterocycles. The first kappa shape index (κ1) is 17.9. The Balaban J connectivity index is 1.47. The summed E-state index contributed by atoms with van der Waals surface area (Å²) in [6.45, 7) is 8.23. The van der Waals surface area contributed by atoms with Crippen LogP contribution in [-0.4, -0.2) is 51.7 Å². The number of hydrogen-bond acceptors (Lipinski definition) is 4. The zero-order valence-electron chi connectivity index (χ0n) is 15.8. The molecule has 0 bridgehead atoms. The molecule has 140 valence electrons. The molecular formula is C21H24N4OS. The second-order valence-corrected chi connectivity index (χ2v) is 7.97. The van der Waals surface area contributed by atoms with E-state index in [0.717, 1.165) is 55.4 Å². The molecule has 4 rings (SSSR count). The number of piperazine rings is 1. The monoisotopic (exact) mass is 380 g/mol. The summed E-state index contributed by atoms with van der Waals surface area (Å²) in [5, 5.41) is 6.74. The molecule has 0 saturated carbocycles. The zero-order valence-corrected chi connectivity index (χ0v) is 16.6. The summed E-state index contributed by atoms with van der Waals surface area (Å²) in [4.78, 5) is 18.9. The Hall–Kier alpha value is -2.44. The summed E-state index contributed by atoms with van der Waals surface area (Å²) in [6.07, 6.45) is 0. The number of amides is 1. The Morgan fingerprint density at radius 3 is 2.44 bits per heavy atom. The quantitative estimate of drug-likeness (QED) is 0.696. The second kappa shape index (κ2) is 7.66. The number of carbonyl (C=O) groups excluding carboxylic acids is 1. The summed E-state index contributed by atoms with van der Waals surface area (Å²) in [7, 11) is 0. The highest BCUT2D eigenvalue weighted by Crippen LogP contribution is 2.21. The molecule has 1 saturated heterocycles. The molecule has 1 aliphatic rings. The van der Waals surface area contributed by atoms with Crippen molar-refractivity contribution in [3.8, 4) is 5.69 Å². The molecule has 5 nitrogen and oxygen atoms in total. The third-order valence-electron chi connectivity index (χ3n) is 5.12. The average molecular weight is 381 g/mol. The standard InChI is InChI=1S/C21H24N4OS/c1-16-20(17(2)25(22-16)18-7-4-3-5-8-18)21(26)24-12-10-23(11-13-24)15-19-9-6-14-27-19/h3-9,14H,10-13,15H2,1-2H3. The number of aromatic nitrogens is 2. The second-order valence-electron chi connectivity index (χ2n) is 6.94. The van der Waals surface area contributed by atoms with Gasteiger partial charge in [-0.1, -0.05) is 24.3 Å². The van der Waals surface area contributed by atoms with Crippen LogP contribution in [0.5, 0.6) is 0 Å². The number of rotatable bonds is 4. The SMILES string of the molecule is Cc1nn(-c2ccccc2)c(C)c1C(=O)N1CCN(Cc2cccs2)CC1. The first-order valence-electron chi connectivity index (χ1n) is 9.29. The first-order valence-corrected chi connectivity index (χ1v) is 10.2. The number of para-hydroxylation sites is 1. The molecule has 0 spiro atoms. The number of thiophene rings is 1. The van der Waals surface area contributed by atoms with Crippen LogP contribution in [0.4, 0.5) is 0 Å². The van der Waals surface area contributed by atoms with Crippen molar-refractivity contribution in [2.75, 3.05) is 26.2 Å². The van der Waals surface area contributed by atoms with Gasteiger partial charge in [0.2, 0.25) is 0 Å². The van der Waals surface area contributed by atoms with Crippen LogP contribution < -0.4 is 0 Å². The van der Waals surface area contributed by atoms with Gasteiger partial charge in [0.05, 0.1) is 22.6 Å². The summed E-state index contributed by atoms with van der Waals surface area (Å²) in [5.41, 5.74) is 3.43. The van der Waals surface area contributed by atoms with Gasteiger partial charge < -0.3 is 4.90 Å². The Morgan fingerprint density at radius 1 is 1.04 bits per heavy atom. The minimum Gasteiger partial charge on any atom is -0.336 e. The highest BCUT2D eigenvalue weighted by molar-refractivity contribution is 7.09. The lowest BCUT2D eigenvalue weighted by molar-refractivity contribution is 0.0628. The third-order valence-corrected chi connectivity index (χ3v) is 5.99. The Bertz CT molecular complexity index is 909. The predicted molar refractivity (Wildman–Crippen MR) is 109 cm³/mol. The Morgan fingerprint density at radius 2 is 1.78 bits per heavy atom. The summed E-state index contributed by atoms with van der Waals surface area (Å²) < 4.78 is 1.87. The Kier molecular flexibility index (Phi) is 5.09. The van der Waals surface area contributed by atoms with E-state index in [1.165, 1.54) is 4.88 Å². The fourth-order valence-corrected chi connectivity index (χ4v) is 4.41. The van der Waals surface area contributed by atoms with E-state index in [-0.39, 0.29) is 5.91 Å². The summed E-state index contributed by atoms with van der Waals surface area (Å²) >= 11 is 1.79. The van der Waals surface area contributed by atoms with E-state index in [2.05, 4.69) is 27.5 Å². The highest BCUT2D eigenvalue weighted by Gasteiger charge is 2.27. The molecule has 0 atom stereocenters. The molecule has 2 aromatic heterocycles. The maximum atomic E-state index is 13.2. The fourth-order valence-electron chi connectivity index (χ4n) is 3.66. The minimum absolute atomic E-state index is 0.1000. The van der Waals surface area contributed by atoms with Crippen LogP contribution in [0.25, 0.3) is 5.69 Å². The van der Waals surface area contributed by atoms with Gasteiger partial charge in [-0.15, -0.1) is 11.3 Å². The number of carbonyl (C=O) groups is 1. The maximum absolute atomic E-state index is 13.2. The van der Waals surface area contributed by atoms with Crippen LogP contribution >= 0.6 is 11.3 Å². The van der Waals surface area contributed by atoms with E-state index < -0.39 is 0 Å². The van der Waals surface area contributed by atoms with Crippen LogP contribution in [0.3, 0.4) is 0 Å². The highest BCUT2D eigenvalue weighted by atomic mass is 32.1. The van der Waals surface area contributed by atoms with Crippen molar-refractivity contribution in [1.29, 1.82) is 0 Å². The average Bonchev–Trinajstić information content (AvgIpc) is 3.30. The van der Waals surface area contributed by atoms with Gasteiger partial charge in [-0.3, -0.25) is 9.69 Å². The smallest absolute Gasteiger partial charge is 0.257 e. The predicted octanol–water partition coefficient (Wildman–Crippen LogP) is 3.51. The molecule has 0 radical (unpaired) electrons. The molecule has 1 aliphatic heterocycles. The van der Waals surface area contributed by atoms with Crippen LogP contribution in [0, 0.1) is 13.8 Å². The molecule has 1 amide bonds. The third kappa shape index (κ3) is 3.68. The lowest BCUT2D eigenvalue weighted by atomic mass is 10.1. The Labute approximate surface area is 163 Å². The van der Waals surface area contributed by atoms with Gasteiger partial charge in [-0.2, -0.15) is 5.10 Å². The summed E-state index contributed by atoms with van der Waals surface area (Å²) in [5.74, 6) is 0.1000. The largest absolute Gasteiger partial charge is 0.336 e. The van der Waals surface area contributed by atoms with E-state index >= 15 is 0 Å². The van der Waals surface area contributed by atoms with Crippen molar-refractivity contribution in [1.82, 2.24) is 19.6 Å². The lowest BCUT2D eigenvalue weighted by Gasteiger charge is -2.34. The van der Waals surface area contributed by atoms with Crippen molar-refractivity contribution >= 4 is 17.2 Å². The van der Waals surface area contributed by atoms with Crippen molar-refractivity contribution in [3.63, 3.8) is 0 Å². The number of hydrogen-bond donors (Lipinski definition) is 0. The van der Waals surface area contributed by atoms with Crippen molar-refractivity contribution < 1.29 is 4.79 Å². The lowest BCUT2D eigenvalue weighted by Crippen LogP contribution is -2.48. The van der Waals surface area contributed by atoms with Gasteiger partial charge in [0.15, 0.2) is 0 Å². The van der Waals surface area contributed by atoms with E-state index in [4.69, 9.17) is 0 Å². The van der Waals surface area contributed by atoms with Crippen LogP contribution in [0.1, 0.15) is 26.6 Å². The topological polar surface area (TPSA) is 41.4 Å². The molecule has 1 aromatic carbocycles. The molecule has 27 heavy (non-hydrogen) atoms. The van der Waals surface area contributed by atoms with Gasteiger partial charge in [-0.25, -0.2) is 4.68 Å². The molecular weight excluding hydrogens is 356 g/mol. The minimum atomic E-state index is 0.1000. The fraction of sp³-hybridized carbons (Fsp3) is 0.333. The van der Waals surface area contributed by atoms with E-state index in [1.807, 2.05) is 53.8 Å². The first-order chi connectivity index (χ1) is 13.1. The number of benzene rings is 1. The molecule has 3 aromatic rings. The van der Waals surface area contributed by atoms with Crippen LogP contribution in [-0.2, 0) is 6.54 Å². The molecule has 6 heteroatoms. The number of aryl methyl sites for hydroxylation is 1. The molecule has 1 fully saturated rings. The van der Waals surface area contributed by atoms with Gasteiger partial charge in [0.1, 0.15) is 0 Å². The van der Waals surface area contributed by atoms with Gasteiger partial charge in [0, 0.05) is 37.6 Å². The molecule has 0 N–H and O–H groups in total. The van der Waals surface area contributed by atoms with Crippen molar-refractivity contribution in [2.45, 2.75) is 20.4 Å². The van der Waals surface area contributed by atoms with Gasteiger partial charge >= 0.3 is 0 Å². The van der Waals surface area contributed by atoms with Crippen molar-refractivity contribution in [3.05, 3.63) is 69.7 Å². The molecule has 0 unspecified atom stereocenters. The molecule has 0 aliphatic carbocycles. The summed E-state index contributed by atoms with van der Waals surface area (Å²) in [6, 6.07) is 14.2. The normalized spacial score (nSPS) is 15.3. The van der Waals surface area contributed by atoms with E-state index in [0.29, 0.717) is 0 Å². The van der Waals surface area contributed by atoms with Gasteiger partial charge in [0.25, 0.3) is 5.91 Å². The van der Waals surface area contributed by atoms with E-state index in [9.17, 15) is 4.79 Å². The van der Waals surface area contributed by atoms with Gasteiger partial charge in [-0.05, 0) is 37.4 Å². The maximum Gasteiger partial charge on any atom is 0.257 e.